The molecule has 0 saturated heterocycles. The fourth-order valence-corrected chi connectivity index (χ4v) is 2.84. The largest absolute Gasteiger partial charge is 0.493 e. The van der Waals surface area contributed by atoms with E-state index in [1.165, 1.54) is 28.7 Å². The molecule has 3 nitrogen and oxygen atoms in total. The van der Waals surface area contributed by atoms with Crippen molar-refractivity contribution in [3.63, 3.8) is 0 Å². The number of ether oxygens (including phenoxy) is 2. The SMILES string of the molecule is COc1cc2c(cc1OC)/C(=C/c1ccncc1)CCC2. The Labute approximate surface area is 125 Å². The number of nitrogens with zero attached hydrogens (tertiary/aromatic N) is 1. The smallest absolute Gasteiger partial charge is 0.161 e. The molecule has 0 radical (unpaired) electrons. The first-order valence-corrected chi connectivity index (χ1v) is 7.17. The minimum absolute atomic E-state index is 0.791. The molecule has 0 atom stereocenters. The fourth-order valence-electron chi connectivity index (χ4n) is 2.84. The highest BCUT2D eigenvalue weighted by Crippen LogP contribution is 2.39. The highest BCUT2D eigenvalue weighted by molar-refractivity contribution is 5.84. The van der Waals surface area contributed by atoms with Crippen LogP contribution < -0.4 is 9.47 Å². The predicted octanol–water partition coefficient (Wildman–Crippen LogP) is 3.98. The first-order valence-electron chi connectivity index (χ1n) is 7.17. The lowest BCUT2D eigenvalue weighted by molar-refractivity contribution is 0.354. The minimum Gasteiger partial charge on any atom is -0.493 e. The van der Waals surface area contributed by atoms with Gasteiger partial charge in [-0.25, -0.2) is 0 Å². The van der Waals surface area contributed by atoms with Crippen LogP contribution in [0.3, 0.4) is 0 Å². The van der Waals surface area contributed by atoms with Gasteiger partial charge < -0.3 is 9.47 Å². The Balaban J connectivity index is 2.07. The van der Waals surface area contributed by atoms with Crippen molar-refractivity contribution in [3.05, 3.63) is 53.3 Å². The third-order valence-electron chi connectivity index (χ3n) is 3.89. The van der Waals surface area contributed by atoms with Gasteiger partial charge in [-0.2, -0.15) is 0 Å². The third-order valence-corrected chi connectivity index (χ3v) is 3.89. The van der Waals surface area contributed by atoms with Gasteiger partial charge in [0.25, 0.3) is 0 Å². The van der Waals surface area contributed by atoms with E-state index in [0.29, 0.717) is 0 Å². The van der Waals surface area contributed by atoms with Crippen LogP contribution in [0, 0.1) is 0 Å². The topological polar surface area (TPSA) is 31.4 Å². The number of hydrogen-bond donors (Lipinski definition) is 0. The molecule has 1 heterocycles. The number of allylic oxidation sites excluding steroid dienone is 1. The first-order chi connectivity index (χ1) is 10.3. The Morgan fingerprint density at radius 2 is 1.71 bits per heavy atom. The number of pyridine rings is 1. The summed E-state index contributed by atoms with van der Waals surface area (Å²) in [7, 11) is 3.36. The molecule has 0 N–H and O–H groups in total. The molecule has 0 spiro atoms. The second-order valence-corrected chi connectivity index (χ2v) is 5.17. The normalized spacial score (nSPS) is 15.6. The van der Waals surface area contributed by atoms with E-state index in [1.807, 2.05) is 24.5 Å². The molecule has 0 bridgehead atoms. The van der Waals surface area contributed by atoms with Crippen molar-refractivity contribution in [3.8, 4) is 11.5 Å². The molecule has 0 saturated carbocycles. The molecule has 108 valence electrons. The van der Waals surface area contributed by atoms with Gasteiger partial charge in [-0.05, 0) is 65.8 Å². The van der Waals surface area contributed by atoms with E-state index in [9.17, 15) is 0 Å². The molecule has 2 aromatic rings. The molecule has 1 aliphatic rings. The van der Waals surface area contributed by atoms with Crippen molar-refractivity contribution in [2.75, 3.05) is 14.2 Å². The molecule has 0 fully saturated rings. The highest BCUT2D eigenvalue weighted by Gasteiger charge is 2.18. The van der Waals surface area contributed by atoms with Crippen molar-refractivity contribution in [2.45, 2.75) is 19.3 Å². The standard InChI is InChI=1S/C18H19NO2/c1-20-17-11-15-5-3-4-14(16(15)12-18(17)21-2)10-13-6-8-19-9-7-13/h6-12H,3-5H2,1-2H3/b14-10+. The van der Waals surface area contributed by atoms with Crippen molar-refractivity contribution in [1.29, 1.82) is 0 Å². The molecule has 21 heavy (non-hydrogen) atoms. The maximum atomic E-state index is 5.44. The minimum atomic E-state index is 0.791. The lowest BCUT2D eigenvalue weighted by atomic mass is 9.86. The summed E-state index contributed by atoms with van der Waals surface area (Å²) in [6.07, 6.45) is 9.23. The van der Waals surface area contributed by atoms with Gasteiger partial charge in [0.15, 0.2) is 11.5 Å². The monoisotopic (exact) mass is 281 g/mol. The summed E-state index contributed by atoms with van der Waals surface area (Å²) in [4.78, 5) is 4.07. The van der Waals surface area contributed by atoms with Crippen LogP contribution in [0.25, 0.3) is 11.6 Å². The van der Waals surface area contributed by atoms with E-state index in [2.05, 4.69) is 23.2 Å². The van der Waals surface area contributed by atoms with Crippen molar-refractivity contribution < 1.29 is 9.47 Å². The maximum absolute atomic E-state index is 5.44. The Bertz CT molecular complexity index is 662. The summed E-state index contributed by atoms with van der Waals surface area (Å²) in [5.41, 5.74) is 5.14. The Morgan fingerprint density at radius 1 is 1.00 bits per heavy atom. The Hall–Kier alpha value is -2.29. The first kappa shape index (κ1) is 13.7. The second-order valence-electron chi connectivity index (χ2n) is 5.17. The lowest BCUT2D eigenvalue weighted by Gasteiger charge is -2.21. The molecule has 1 aromatic carbocycles. The van der Waals surface area contributed by atoms with Crippen LogP contribution in [0.2, 0.25) is 0 Å². The molecule has 0 aliphatic heterocycles. The average Bonchev–Trinajstić information content (AvgIpc) is 2.55. The van der Waals surface area contributed by atoms with E-state index in [4.69, 9.17) is 9.47 Å². The number of aromatic nitrogens is 1. The highest BCUT2D eigenvalue weighted by atomic mass is 16.5. The van der Waals surface area contributed by atoms with E-state index in [1.54, 1.807) is 14.2 Å². The van der Waals surface area contributed by atoms with Gasteiger partial charge in [-0.15, -0.1) is 0 Å². The number of fused-ring (bicyclic) bond motifs is 1. The van der Waals surface area contributed by atoms with Crippen LogP contribution in [-0.2, 0) is 6.42 Å². The second kappa shape index (κ2) is 6.00. The molecule has 1 aromatic heterocycles. The Kier molecular flexibility index (Phi) is 3.91. The maximum Gasteiger partial charge on any atom is 0.161 e. The van der Waals surface area contributed by atoms with E-state index in [0.717, 1.165) is 24.3 Å². The zero-order chi connectivity index (χ0) is 14.7. The van der Waals surface area contributed by atoms with Crippen molar-refractivity contribution >= 4 is 11.6 Å². The van der Waals surface area contributed by atoms with Gasteiger partial charge in [0, 0.05) is 12.4 Å². The number of benzene rings is 1. The summed E-state index contributed by atoms with van der Waals surface area (Å²) in [6.45, 7) is 0. The summed E-state index contributed by atoms with van der Waals surface area (Å²) >= 11 is 0. The molecule has 0 amide bonds. The zero-order valence-electron chi connectivity index (χ0n) is 12.4. The van der Waals surface area contributed by atoms with Gasteiger partial charge in [-0.1, -0.05) is 6.08 Å². The molecular weight excluding hydrogens is 262 g/mol. The van der Waals surface area contributed by atoms with E-state index in [-0.39, 0.29) is 0 Å². The summed E-state index contributed by atoms with van der Waals surface area (Å²) in [5, 5.41) is 0. The van der Waals surface area contributed by atoms with Gasteiger partial charge in [0.2, 0.25) is 0 Å². The Morgan fingerprint density at radius 3 is 2.43 bits per heavy atom. The van der Waals surface area contributed by atoms with Gasteiger partial charge >= 0.3 is 0 Å². The summed E-state index contributed by atoms with van der Waals surface area (Å²) < 4.78 is 10.8. The lowest BCUT2D eigenvalue weighted by Crippen LogP contribution is -2.04. The fraction of sp³-hybridized carbons (Fsp3) is 0.278. The van der Waals surface area contributed by atoms with Crippen molar-refractivity contribution in [1.82, 2.24) is 4.98 Å². The number of rotatable bonds is 3. The molecular formula is C18H19NO2. The van der Waals surface area contributed by atoms with Crippen LogP contribution in [-0.4, -0.2) is 19.2 Å². The quantitative estimate of drug-likeness (QED) is 0.853. The zero-order valence-corrected chi connectivity index (χ0v) is 12.4. The summed E-state index contributed by atoms with van der Waals surface area (Å²) in [5.74, 6) is 1.60. The van der Waals surface area contributed by atoms with Crippen LogP contribution in [0.5, 0.6) is 11.5 Å². The van der Waals surface area contributed by atoms with Crippen LogP contribution >= 0.6 is 0 Å². The van der Waals surface area contributed by atoms with Gasteiger partial charge in [0.1, 0.15) is 0 Å². The van der Waals surface area contributed by atoms with Crippen LogP contribution in [0.4, 0.5) is 0 Å². The molecule has 3 heteroatoms. The number of hydrogen-bond acceptors (Lipinski definition) is 3. The van der Waals surface area contributed by atoms with Crippen molar-refractivity contribution in [2.24, 2.45) is 0 Å². The van der Waals surface area contributed by atoms with E-state index < -0.39 is 0 Å². The summed E-state index contributed by atoms with van der Waals surface area (Å²) in [6, 6.07) is 8.26. The van der Waals surface area contributed by atoms with Crippen LogP contribution in [0.1, 0.15) is 29.5 Å². The van der Waals surface area contributed by atoms with Gasteiger partial charge in [0.05, 0.1) is 14.2 Å². The third kappa shape index (κ3) is 2.77. The average molecular weight is 281 g/mol. The number of methoxy groups -OCH3 is 2. The van der Waals surface area contributed by atoms with E-state index >= 15 is 0 Å². The predicted molar refractivity (Wildman–Crippen MR) is 84.6 cm³/mol. The van der Waals surface area contributed by atoms with Crippen LogP contribution in [0.15, 0.2) is 36.7 Å². The van der Waals surface area contributed by atoms with Gasteiger partial charge in [-0.3, -0.25) is 4.98 Å². The molecule has 3 rings (SSSR count). The molecule has 1 aliphatic carbocycles. The number of aryl methyl sites for hydroxylation is 1. The molecule has 0 unspecified atom stereocenters.